The number of hydrogen-bond donors (Lipinski definition) is 1. The van der Waals surface area contributed by atoms with E-state index in [1.807, 2.05) is 48.5 Å². The average Bonchev–Trinajstić information content (AvgIpc) is 2.39. The van der Waals surface area contributed by atoms with E-state index in [4.69, 9.17) is 5.73 Å². The summed E-state index contributed by atoms with van der Waals surface area (Å²) in [7, 11) is 0. The maximum absolute atomic E-state index is 12.3. The normalized spacial score (nSPS) is 9.79. The molecular formula is C15H15BrClNO. The van der Waals surface area contributed by atoms with Crippen LogP contribution in [0.2, 0.25) is 0 Å². The number of nitrogens with two attached hydrogens (primary N) is 1. The summed E-state index contributed by atoms with van der Waals surface area (Å²) in [6.45, 7) is 0.593. The molecule has 0 aliphatic heterocycles. The van der Waals surface area contributed by atoms with E-state index in [9.17, 15) is 4.79 Å². The quantitative estimate of drug-likeness (QED) is 0.864. The Balaban J connectivity index is 0.00000180. The van der Waals surface area contributed by atoms with Crippen molar-refractivity contribution in [3.8, 4) is 0 Å². The first kappa shape index (κ1) is 15.9. The van der Waals surface area contributed by atoms with Gasteiger partial charge in [0.05, 0.1) is 0 Å². The molecule has 2 aromatic carbocycles. The summed E-state index contributed by atoms with van der Waals surface area (Å²) >= 11 is 3.36. The van der Waals surface area contributed by atoms with E-state index in [-0.39, 0.29) is 18.2 Å². The lowest BCUT2D eigenvalue weighted by atomic mass is 10.0. The monoisotopic (exact) mass is 339 g/mol. The number of hydrogen-bond acceptors (Lipinski definition) is 2. The molecule has 0 spiro atoms. The van der Waals surface area contributed by atoms with Crippen molar-refractivity contribution >= 4 is 34.1 Å². The first-order valence-electron chi connectivity index (χ1n) is 5.80. The Kier molecular flexibility index (Phi) is 6.22. The summed E-state index contributed by atoms with van der Waals surface area (Å²) in [5.41, 5.74) is 8.03. The smallest absolute Gasteiger partial charge is 0.193 e. The van der Waals surface area contributed by atoms with Gasteiger partial charge in [-0.05, 0) is 48.9 Å². The second kappa shape index (κ2) is 7.43. The van der Waals surface area contributed by atoms with Crippen LogP contribution < -0.4 is 5.73 Å². The molecule has 0 aliphatic carbocycles. The minimum absolute atomic E-state index is 0. The standard InChI is InChI=1S/C15H14BrNO.ClH/c16-14-6-4-12(5-7-14)15(18)13-3-1-2-11(10-13)8-9-17;/h1-7,10H,8-9,17H2;1H. The lowest BCUT2D eigenvalue weighted by molar-refractivity contribution is 0.103. The number of carbonyl (C=O) groups excluding carboxylic acids is 1. The van der Waals surface area contributed by atoms with Crippen LogP contribution in [-0.4, -0.2) is 12.3 Å². The SMILES string of the molecule is Cl.NCCc1cccc(C(=O)c2ccc(Br)cc2)c1. The zero-order chi connectivity index (χ0) is 13.0. The fourth-order valence-corrected chi connectivity index (χ4v) is 2.07. The van der Waals surface area contributed by atoms with Gasteiger partial charge in [0.15, 0.2) is 5.78 Å². The van der Waals surface area contributed by atoms with Crippen molar-refractivity contribution in [1.82, 2.24) is 0 Å². The maximum Gasteiger partial charge on any atom is 0.193 e. The third-order valence-electron chi connectivity index (χ3n) is 2.73. The number of benzene rings is 2. The van der Waals surface area contributed by atoms with Crippen LogP contribution in [-0.2, 0) is 6.42 Å². The predicted octanol–water partition coefficient (Wildman–Crippen LogP) is 3.60. The van der Waals surface area contributed by atoms with Crippen molar-refractivity contribution < 1.29 is 4.79 Å². The van der Waals surface area contributed by atoms with Gasteiger partial charge < -0.3 is 5.73 Å². The van der Waals surface area contributed by atoms with Gasteiger partial charge in [0.25, 0.3) is 0 Å². The molecule has 2 nitrogen and oxygen atoms in total. The van der Waals surface area contributed by atoms with Gasteiger partial charge in [0.1, 0.15) is 0 Å². The molecule has 2 rings (SSSR count). The van der Waals surface area contributed by atoms with Gasteiger partial charge in [-0.25, -0.2) is 0 Å². The van der Waals surface area contributed by atoms with Gasteiger partial charge in [0, 0.05) is 15.6 Å². The third-order valence-corrected chi connectivity index (χ3v) is 3.26. The van der Waals surface area contributed by atoms with E-state index in [0.717, 1.165) is 16.5 Å². The third kappa shape index (κ3) is 4.16. The second-order valence-corrected chi connectivity index (χ2v) is 4.99. The molecule has 0 saturated heterocycles. The largest absolute Gasteiger partial charge is 0.330 e. The van der Waals surface area contributed by atoms with E-state index < -0.39 is 0 Å². The van der Waals surface area contributed by atoms with Crippen molar-refractivity contribution in [2.45, 2.75) is 6.42 Å². The predicted molar refractivity (Wildman–Crippen MR) is 84.0 cm³/mol. The van der Waals surface area contributed by atoms with Crippen LogP contribution in [0.3, 0.4) is 0 Å². The highest BCUT2D eigenvalue weighted by Crippen LogP contribution is 2.15. The van der Waals surface area contributed by atoms with Crippen LogP contribution in [0.1, 0.15) is 21.5 Å². The molecule has 19 heavy (non-hydrogen) atoms. The van der Waals surface area contributed by atoms with Crippen molar-refractivity contribution in [1.29, 1.82) is 0 Å². The number of rotatable bonds is 4. The van der Waals surface area contributed by atoms with Gasteiger partial charge in [-0.2, -0.15) is 0 Å². The van der Waals surface area contributed by atoms with Crippen LogP contribution in [0.4, 0.5) is 0 Å². The Morgan fingerprint density at radius 1 is 1.05 bits per heavy atom. The van der Waals surface area contributed by atoms with Crippen molar-refractivity contribution in [2.75, 3.05) is 6.54 Å². The molecule has 0 amide bonds. The van der Waals surface area contributed by atoms with Crippen molar-refractivity contribution in [3.63, 3.8) is 0 Å². The van der Waals surface area contributed by atoms with E-state index in [0.29, 0.717) is 17.7 Å². The lowest BCUT2D eigenvalue weighted by Crippen LogP contribution is -2.05. The molecule has 0 aliphatic rings. The molecule has 0 aromatic heterocycles. The van der Waals surface area contributed by atoms with E-state index in [1.165, 1.54) is 0 Å². The maximum atomic E-state index is 12.3. The topological polar surface area (TPSA) is 43.1 Å². The Hall–Kier alpha value is -1.16. The van der Waals surface area contributed by atoms with E-state index in [1.54, 1.807) is 0 Å². The average molecular weight is 341 g/mol. The molecular weight excluding hydrogens is 326 g/mol. The molecule has 2 aromatic rings. The molecule has 100 valence electrons. The first-order chi connectivity index (χ1) is 8.70. The number of carbonyl (C=O) groups is 1. The number of ketones is 1. The fraction of sp³-hybridized carbons (Fsp3) is 0.133. The summed E-state index contributed by atoms with van der Waals surface area (Å²) in [6.07, 6.45) is 0.793. The Morgan fingerprint density at radius 2 is 1.74 bits per heavy atom. The minimum Gasteiger partial charge on any atom is -0.330 e. The van der Waals surface area contributed by atoms with Gasteiger partial charge in [-0.3, -0.25) is 4.79 Å². The van der Waals surface area contributed by atoms with Crippen LogP contribution in [0, 0.1) is 0 Å². The summed E-state index contributed by atoms with van der Waals surface area (Å²) in [5, 5.41) is 0. The van der Waals surface area contributed by atoms with E-state index in [2.05, 4.69) is 15.9 Å². The molecule has 0 saturated carbocycles. The summed E-state index contributed by atoms with van der Waals surface area (Å²) < 4.78 is 0.968. The van der Waals surface area contributed by atoms with Crippen LogP contribution >= 0.6 is 28.3 Å². The summed E-state index contributed by atoms with van der Waals surface area (Å²) in [5.74, 6) is 0.0429. The second-order valence-electron chi connectivity index (χ2n) is 4.08. The highest BCUT2D eigenvalue weighted by molar-refractivity contribution is 9.10. The van der Waals surface area contributed by atoms with Crippen molar-refractivity contribution in [2.24, 2.45) is 5.73 Å². The molecule has 4 heteroatoms. The molecule has 0 bridgehead atoms. The number of halogens is 2. The molecule has 0 unspecified atom stereocenters. The van der Waals surface area contributed by atoms with Crippen LogP contribution in [0.25, 0.3) is 0 Å². The van der Waals surface area contributed by atoms with Gasteiger partial charge in [0.2, 0.25) is 0 Å². The van der Waals surface area contributed by atoms with Crippen LogP contribution in [0.15, 0.2) is 53.0 Å². The Morgan fingerprint density at radius 3 is 2.37 bits per heavy atom. The zero-order valence-corrected chi connectivity index (χ0v) is 12.7. The fourth-order valence-electron chi connectivity index (χ4n) is 1.80. The summed E-state index contributed by atoms with van der Waals surface area (Å²) in [4.78, 5) is 12.3. The van der Waals surface area contributed by atoms with Crippen LogP contribution in [0.5, 0.6) is 0 Å². The Labute approximate surface area is 127 Å². The van der Waals surface area contributed by atoms with Crippen molar-refractivity contribution in [3.05, 3.63) is 69.7 Å². The van der Waals surface area contributed by atoms with E-state index >= 15 is 0 Å². The first-order valence-corrected chi connectivity index (χ1v) is 6.59. The molecule has 0 fully saturated rings. The van der Waals surface area contributed by atoms with Gasteiger partial charge >= 0.3 is 0 Å². The Bertz CT molecular complexity index is 554. The molecule has 2 N–H and O–H groups in total. The molecule has 0 heterocycles. The van der Waals surface area contributed by atoms with Gasteiger partial charge in [-0.15, -0.1) is 12.4 Å². The zero-order valence-electron chi connectivity index (χ0n) is 10.3. The lowest BCUT2D eigenvalue weighted by Gasteiger charge is -2.04. The summed E-state index contributed by atoms with van der Waals surface area (Å²) in [6, 6.07) is 15.0. The molecule has 0 atom stereocenters. The highest BCUT2D eigenvalue weighted by Gasteiger charge is 2.09. The van der Waals surface area contributed by atoms with Gasteiger partial charge in [-0.1, -0.05) is 34.1 Å². The highest BCUT2D eigenvalue weighted by atomic mass is 79.9. The minimum atomic E-state index is 0. The molecule has 0 radical (unpaired) electrons.